The lowest BCUT2D eigenvalue weighted by Crippen LogP contribution is -2.59. The zero-order valence-electron chi connectivity index (χ0n) is 28.4. The summed E-state index contributed by atoms with van der Waals surface area (Å²) in [6.45, 7) is 15.8. The van der Waals surface area contributed by atoms with E-state index >= 15 is 0 Å². The minimum Gasteiger partial charge on any atom is -0.457 e. The maximum atomic E-state index is 14.9. The van der Waals surface area contributed by atoms with Crippen molar-refractivity contribution in [1.29, 1.82) is 0 Å². The topological polar surface area (TPSA) is 125 Å². The van der Waals surface area contributed by atoms with Crippen LogP contribution in [0.15, 0.2) is 0 Å². The van der Waals surface area contributed by atoms with E-state index in [2.05, 4.69) is 34.6 Å². The summed E-state index contributed by atoms with van der Waals surface area (Å²) in [5, 5.41) is 11.0. The lowest BCUT2D eigenvalue weighted by molar-refractivity contribution is -0.221. The molecule has 0 aromatic heterocycles. The second kappa shape index (κ2) is 10.7. The zero-order chi connectivity index (χ0) is 33.0. The SMILES string of the molecule is CC(=O)O[C@@H]([C@H]1C[C@@H](C)[C@H]2[C@H](O1)C(=O)[C@@]1(C)[C@@H]3CC[C@H]4C(C)(C)C(O[C@@H](C=O)OCC=O)CCC45C[C@@]35CC[C@]21C)C(C)(C)O. The number of hydrogen-bond donors (Lipinski definition) is 1. The number of carbonyl (C=O) groups is 4. The molecule has 0 aromatic rings. The summed E-state index contributed by atoms with van der Waals surface area (Å²) in [5.74, 6) is 0.636. The van der Waals surface area contributed by atoms with Crippen molar-refractivity contribution >= 4 is 24.3 Å². The number of fused-ring (bicyclic) bond motifs is 4. The van der Waals surface area contributed by atoms with E-state index in [9.17, 15) is 24.3 Å². The van der Waals surface area contributed by atoms with Crippen LogP contribution in [0.3, 0.4) is 0 Å². The summed E-state index contributed by atoms with van der Waals surface area (Å²) in [6.07, 6.45) is 5.69. The predicted octanol–water partition coefficient (Wildman–Crippen LogP) is 4.84. The normalized spacial score (nSPS) is 47.6. The molecule has 1 saturated heterocycles. The molecule has 5 aliphatic carbocycles. The van der Waals surface area contributed by atoms with Gasteiger partial charge in [0, 0.05) is 18.3 Å². The Morgan fingerprint density at radius 3 is 2.36 bits per heavy atom. The van der Waals surface area contributed by atoms with Gasteiger partial charge in [0.25, 0.3) is 0 Å². The van der Waals surface area contributed by atoms with Crippen molar-refractivity contribution in [3.8, 4) is 0 Å². The Balaban J connectivity index is 1.28. The molecule has 13 atom stereocenters. The Morgan fingerprint density at radius 1 is 1.07 bits per heavy atom. The highest BCUT2D eigenvalue weighted by Crippen LogP contribution is 2.89. The van der Waals surface area contributed by atoms with Gasteiger partial charge in [-0.2, -0.15) is 0 Å². The number of hydrogen-bond acceptors (Lipinski definition) is 9. The number of esters is 1. The van der Waals surface area contributed by atoms with Crippen LogP contribution < -0.4 is 0 Å². The summed E-state index contributed by atoms with van der Waals surface area (Å²) in [5.41, 5.74) is -2.00. The summed E-state index contributed by atoms with van der Waals surface area (Å²) in [7, 11) is 0. The molecule has 9 nitrogen and oxygen atoms in total. The van der Waals surface area contributed by atoms with E-state index < -0.39 is 41.6 Å². The van der Waals surface area contributed by atoms with Gasteiger partial charge in [0.15, 0.2) is 18.2 Å². The Labute approximate surface area is 267 Å². The van der Waals surface area contributed by atoms with Crippen molar-refractivity contribution in [2.24, 2.45) is 50.7 Å². The maximum absolute atomic E-state index is 14.9. The number of ketones is 1. The number of aliphatic hydroxyl groups is 1. The van der Waals surface area contributed by atoms with E-state index in [0.29, 0.717) is 24.9 Å². The van der Waals surface area contributed by atoms with Crippen molar-refractivity contribution in [1.82, 2.24) is 0 Å². The molecule has 5 saturated carbocycles. The van der Waals surface area contributed by atoms with Crippen LogP contribution in [0.2, 0.25) is 0 Å². The fourth-order valence-electron chi connectivity index (χ4n) is 12.7. The monoisotopic (exact) mass is 630 g/mol. The van der Waals surface area contributed by atoms with E-state index in [1.165, 1.54) is 6.92 Å². The van der Waals surface area contributed by atoms with Gasteiger partial charge in [-0.15, -0.1) is 0 Å². The lowest BCUT2D eigenvalue weighted by atomic mass is 9.41. The fourth-order valence-corrected chi connectivity index (χ4v) is 12.7. The first-order valence-electron chi connectivity index (χ1n) is 17.2. The van der Waals surface area contributed by atoms with Gasteiger partial charge in [-0.1, -0.05) is 34.6 Å². The molecule has 2 spiro atoms. The number of ether oxygens (including phenoxy) is 4. The van der Waals surface area contributed by atoms with E-state index in [1.807, 2.05) is 0 Å². The molecule has 9 heteroatoms. The number of rotatable bonds is 9. The summed E-state index contributed by atoms with van der Waals surface area (Å²) in [6, 6.07) is 0. The molecule has 252 valence electrons. The number of aldehydes is 2. The van der Waals surface area contributed by atoms with Crippen molar-refractivity contribution in [2.75, 3.05) is 6.61 Å². The molecule has 1 heterocycles. The molecule has 2 unspecified atom stereocenters. The molecule has 6 fully saturated rings. The quantitative estimate of drug-likeness (QED) is 0.217. The first-order chi connectivity index (χ1) is 20.9. The zero-order valence-corrected chi connectivity index (χ0v) is 28.4. The van der Waals surface area contributed by atoms with E-state index in [4.69, 9.17) is 18.9 Å². The van der Waals surface area contributed by atoms with Crippen molar-refractivity contribution in [3.05, 3.63) is 0 Å². The van der Waals surface area contributed by atoms with Crippen LogP contribution in [0.4, 0.5) is 0 Å². The Hall–Kier alpha value is -1.68. The third-order valence-corrected chi connectivity index (χ3v) is 14.6. The summed E-state index contributed by atoms with van der Waals surface area (Å²) >= 11 is 0. The van der Waals surface area contributed by atoms with Gasteiger partial charge in [0.05, 0.1) is 17.8 Å². The van der Waals surface area contributed by atoms with Crippen LogP contribution in [0.1, 0.15) is 107 Å². The van der Waals surface area contributed by atoms with Crippen LogP contribution in [0.25, 0.3) is 0 Å². The van der Waals surface area contributed by atoms with E-state index in [1.54, 1.807) is 13.8 Å². The highest BCUT2D eigenvalue weighted by atomic mass is 16.7. The smallest absolute Gasteiger partial charge is 0.303 e. The maximum Gasteiger partial charge on any atom is 0.303 e. The van der Waals surface area contributed by atoms with Crippen LogP contribution in [0.5, 0.6) is 0 Å². The van der Waals surface area contributed by atoms with Gasteiger partial charge < -0.3 is 28.8 Å². The van der Waals surface area contributed by atoms with Gasteiger partial charge in [-0.25, -0.2) is 0 Å². The third-order valence-electron chi connectivity index (χ3n) is 14.6. The van der Waals surface area contributed by atoms with Gasteiger partial charge in [-0.05, 0) is 105 Å². The lowest BCUT2D eigenvalue weighted by Gasteiger charge is -2.62. The van der Waals surface area contributed by atoms with Gasteiger partial charge in [-0.3, -0.25) is 14.4 Å². The van der Waals surface area contributed by atoms with Crippen LogP contribution >= 0.6 is 0 Å². The summed E-state index contributed by atoms with van der Waals surface area (Å²) < 4.78 is 23.9. The Bertz CT molecular complexity index is 1240. The number of Topliss-reactive ketones (excluding diaryl/α,β-unsaturated/α-hetero) is 1. The van der Waals surface area contributed by atoms with Crippen molar-refractivity contribution in [3.63, 3.8) is 0 Å². The van der Waals surface area contributed by atoms with E-state index in [-0.39, 0.29) is 57.9 Å². The summed E-state index contributed by atoms with van der Waals surface area (Å²) in [4.78, 5) is 49.4. The van der Waals surface area contributed by atoms with Crippen LogP contribution in [-0.2, 0) is 38.1 Å². The Kier molecular flexibility index (Phi) is 7.87. The molecule has 1 aliphatic heterocycles. The van der Waals surface area contributed by atoms with Gasteiger partial charge in [0.2, 0.25) is 6.29 Å². The molecule has 45 heavy (non-hydrogen) atoms. The largest absolute Gasteiger partial charge is 0.457 e. The predicted molar refractivity (Wildman–Crippen MR) is 164 cm³/mol. The molecule has 6 rings (SSSR count). The molecule has 0 bridgehead atoms. The van der Waals surface area contributed by atoms with Crippen molar-refractivity contribution in [2.45, 2.75) is 143 Å². The van der Waals surface area contributed by atoms with Crippen LogP contribution in [-0.4, -0.2) is 72.3 Å². The first kappa shape index (κ1) is 33.2. The third kappa shape index (κ3) is 4.45. The molecule has 1 N–H and O–H groups in total. The van der Waals surface area contributed by atoms with E-state index in [0.717, 1.165) is 44.9 Å². The first-order valence-corrected chi connectivity index (χ1v) is 17.2. The minimum absolute atomic E-state index is 0.0722. The van der Waals surface area contributed by atoms with Crippen LogP contribution in [0, 0.1) is 50.7 Å². The molecular formula is C36H54O9. The molecule has 0 aromatic carbocycles. The molecule has 6 aliphatic rings. The number of carbonyl (C=O) groups excluding carboxylic acids is 4. The highest BCUT2D eigenvalue weighted by Gasteiger charge is 2.85. The van der Waals surface area contributed by atoms with Crippen molar-refractivity contribution < 1.29 is 43.2 Å². The molecule has 0 radical (unpaired) electrons. The van der Waals surface area contributed by atoms with Gasteiger partial charge >= 0.3 is 5.97 Å². The van der Waals surface area contributed by atoms with Gasteiger partial charge in [0.1, 0.15) is 19.0 Å². The Morgan fingerprint density at radius 2 is 1.73 bits per heavy atom. The minimum atomic E-state index is -1.31. The molecule has 0 amide bonds. The average Bonchev–Trinajstić information content (AvgIpc) is 3.59. The second-order valence-corrected chi connectivity index (χ2v) is 17.2. The molecular weight excluding hydrogens is 576 g/mol. The fraction of sp³-hybridized carbons (Fsp3) is 0.889. The standard InChI is InChI=1S/C36H54O9/c1-20-17-22(30(32(5,6)41)43-21(2)39)44-28-27(20)33(7)13-14-36-19-35(36)12-11-25(45-26(18-38)42-16-15-37)31(3,4)23(35)9-10-24(36)34(33,8)29(28)40/h15,18,20,22-28,30,41H,9-14,16-17,19H2,1-8H3/t20-,22-,23+,24+,25?,26+,27+,28+,30+,33-,34-,35?,36+/m1/s1. The second-order valence-electron chi connectivity index (χ2n) is 17.2. The average molecular weight is 631 g/mol. The highest BCUT2D eigenvalue weighted by molar-refractivity contribution is 5.93.